The maximum Gasteiger partial charge on any atom is 0.330 e. The van der Waals surface area contributed by atoms with E-state index in [1.165, 1.54) is 0 Å². The Morgan fingerprint density at radius 1 is 1.50 bits per heavy atom. The molecule has 1 aliphatic heterocycles. The van der Waals surface area contributed by atoms with E-state index in [9.17, 15) is 4.79 Å². The fraction of sp³-hybridized carbons (Fsp3) is 0.300. The zero-order valence-corrected chi connectivity index (χ0v) is 7.56. The number of hydrogen-bond donors (Lipinski definition) is 2. The number of carbonyl (C=O) groups is 1. The minimum absolute atomic E-state index is 0.0271. The maximum atomic E-state index is 11.0. The number of hydrogen-bond acceptors (Lipinski definition) is 3. The van der Waals surface area contributed by atoms with E-state index >= 15 is 0 Å². The summed E-state index contributed by atoms with van der Waals surface area (Å²) in [7, 11) is 0. The van der Waals surface area contributed by atoms with E-state index in [1.54, 1.807) is 12.1 Å². The SMILES string of the molecule is NC1(C(=O)O)COCc2ccccc21. The van der Waals surface area contributed by atoms with Gasteiger partial charge in [0.15, 0.2) is 5.54 Å². The van der Waals surface area contributed by atoms with Crippen LogP contribution >= 0.6 is 0 Å². The van der Waals surface area contributed by atoms with Gasteiger partial charge in [0.1, 0.15) is 0 Å². The Morgan fingerprint density at radius 3 is 2.93 bits per heavy atom. The first-order valence-corrected chi connectivity index (χ1v) is 4.33. The minimum Gasteiger partial charge on any atom is -0.480 e. The molecule has 0 radical (unpaired) electrons. The normalized spacial score (nSPS) is 25.5. The lowest BCUT2D eigenvalue weighted by Crippen LogP contribution is -2.51. The first kappa shape index (κ1) is 9.18. The number of benzene rings is 1. The molecule has 1 heterocycles. The van der Waals surface area contributed by atoms with Crippen molar-refractivity contribution in [2.24, 2.45) is 5.73 Å². The Bertz CT molecular complexity index is 377. The molecular formula is C10H11NO3. The summed E-state index contributed by atoms with van der Waals surface area (Å²) in [6.45, 7) is 0.460. The molecular weight excluding hydrogens is 182 g/mol. The highest BCUT2D eigenvalue weighted by Crippen LogP contribution is 2.28. The molecule has 3 N–H and O–H groups in total. The molecule has 0 fully saturated rings. The molecule has 1 aromatic rings. The van der Waals surface area contributed by atoms with Crippen LogP contribution in [0, 0.1) is 0 Å². The van der Waals surface area contributed by atoms with E-state index in [2.05, 4.69) is 0 Å². The van der Waals surface area contributed by atoms with Gasteiger partial charge in [0, 0.05) is 0 Å². The molecule has 1 unspecified atom stereocenters. The Labute approximate surface area is 81.3 Å². The van der Waals surface area contributed by atoms with Crippen LogP contribution < -0.4 is 5.73 Å². The molecule has 0 saturated heterocycles. The molecule has 1 aromatic carbocycles. The van der Waals surface area contributed by atoms with Crippen molar-refractivity contribution in [1.82, 2.24) is 0 Å². The van der Waals surface area contributed by atoms with Crippen LogP contribution in [-0.4, -0.2) is 17.7 Å². The van der Waals surface area contributed by atoms with Crippen molar-refractivity contribution in [3.63, 3.8) is 0 Å². The van der Waals surface area contributed by atoms with E-state index in [0.717, 1.165) is 5.56 Å². The second-order valence-corrected chi connectivity index (χ2v) is 3.43. The number of ether oxygens (including phenoxy) is 1. The van der Waals surface area contributed by atoms with Gasteiger partial charge in [-0.3, -0.25) is 0 Å². The van der Waals surface area contributed by atoms with Gasteiger partial charge >= 0.3 is 5.97 Å². The molecule has 0 aromatic heterocycles. The predicted molar refractivity (Wildman–Crippen MR) is 49.6 cm³/mol. The van der Waals surface area contributed by atoms with Crippen LogP contribution in [0.3, 0.4) is 0 Å². The van der Waals surface area contributed by atoms with Crippen molar-refractivity contribution in [2.45, 2.75) is 12.1 Å². The maximum absolute atomic E-state index is 11.0. The van der Waals surface area contributed by atoms with Gasteiger partial charge in [-0.15, -0.1) is 0 Å². The van der Waals surface area contributed by atoms with Crippen molar-refractivity contribution < 1.29 is 14.6 Å². The van der Waals surface area contributed by atoms with Crippen LogP contribution in [0.1, 0.15) is 11.1 Å². The lowest BCUT2D eigenvalue weighted by Gasteiger charge is -2.31. The van der Waals surface area contributed by atoms with Crippen LogP contribution in [-0.2, 0) is 21.7 Å². The zero-order chi connectivity index (χ0) is 10.2. The summed E-state index contributed by atoms with van der Waals surface area (Å²) in [5, 5.41) is 9.04. The summed E-state index contributed by atoms with van der Waals surface area (Å²) in [5.41, 5.74) is 5.90. The van der Waals surface area contributed by atoms with Gasteiger partial charge in [0.25, 0.3) is 0 Å². The summed E-state index contributed by atoms with van der Waals surface area (Å²) >= 11 is 0. The van der Waals surface area contributed by atoms with Crippen LogP contribution in [0.5, 0.6) is 0 Å². The molecule has 0 saturated carbocycles. The highest BCUT2D eigenvalue weighted by atomic mass is 16.5. The van der Waals surface area contributed by atoms with E-state index in [0.29, 0.717) is 12.2 Å². The highest BCUT2D eigenvalue weighted by molar-refractivity contribution is 5.81. The van der Waals surface area contributed by atoms with E-state index < -0.39 is 11.5 Å². The smallest absolute Gasteiger partial charge is 0.330 e. The van der Waals surface area contributed by atoms with Gasteiger partial charge in [-0.2, -0.15) is 0 Å². The average Bonchev–Trinajstić information content (AvgIpc) is 2.18. The number of rotatable bonds is 1. The van der Waals surface area contributed by atoms with Gasteiger partial charge in [0.05, 0.1) is 13.2 Å². The van der Waals surface area contributed by atoms with Crippen LogP contribution in [0.15, 0.2) is 24.3 Å². The summed E-state index contributed by atoms with van der Waals surface area (Å²) < 4.78 is 5.17. The summed E-state index contributed by atoms with van der Waals surface area (Å²) in [6.07, 6.45) is 0. The van der Waals surface area contributed by atoms with Crippen molar-refractivity contribution in [3.8, 4) is 0 Å². The third-order valence-electron chi connectivity index (χ3n) is 2.47. The van der Waals surface area contributed by atoms with E-state index in [4.69, 9.17) is 15.6 Å². The molecule has 1 aliphatic rings. The molecule has 4 heteroatoms. The Balaban J connectivity index is 2.55. The fourth-order valence-corrected chi connectivity index (χ4v) is 1.66. The van der Waals surface area contributed by atoms with Gasteiger partial charge in [-0.05, 0) is 11.1 Å². The largest absolute Gasteiger partial charge is 0.480 e. The van der Waals surface area contributed by atoms with Gasteiger partial charge in [-0.25, -0.2) is 4.79 Å². The predicted octanol–water partition coefficient (Wildman–Crippen LogP) is 0.455. The number of aliphatic carboxylic acids is 1. The second-order valence-electron chi connectivity index (χ2n) is 3.43. The molecule has 2 rings (SSSR count). The van der Waals surface area contributed by atoms with Crippen LogP contribution in [0.4, 0.5) is 0 Å². The zero-order valence-electron chi connectivity index (χ0n) is 7.56. The summed E-state index contributed by atoms with van der Waals surface area (Å²) in [4.78, 5) is 11.0. The summed E-state index contributed by atoms with van der Waals surface area (Å²) in [6, 6.07) is 7.20. The number of carboxylic acids is 1. The van der Waals surface area contributed by atoms with Crippen LogP contribution in [0.2, 0.25) is 0 Å². The molecule has 0 amide bonds. The number of carboxylic acid groups (broad SMARTS) is 1. The van der Waals surface area contributed by atoms with Crippen molar-refractivity contribution in [2.75, 3.05) is 6.61 Å². The fourth-order valence-electron chi connectivity index (χ4n) is 1.66. The second kappa shape index (κ2) is 3.08. The Kier molecular flexibility index (Phi) is 2.02. The first-order valence-electron chi connectivity index (χ1n) is 4.33. The molecule has 1 atom stereocenters. The molecule has 0 spiro atoms. The topological polar surface area (TPSA) is 72.6 Å². The Morgan fingerprint density at radius 2 is 2.21 bits per heavy atom. The van der Waals surface area contributed by atoms with Gasteiger partial charge in [0.2, 0.25) is 0 Å². The average molecular weight is 193 g/mol. The Hall–Kier alpha value is -1.39. The van der Waals surface area contributed by atoms with Gasteiger partial charge in [-0.1, -0.05) is 24.3 Å². The quantitative estimate of drug-likeness (QED) is 0.679. The molecule has 74 valence electrons. The van der Waals surface area contributed by atoms with Crippen molar-refractivity contribution >= 4 is 5.97 Å². The lowest BCUT2D eigenvalue weighted by molar-refractivity contribution is -0.147. The monoisotopic (exact) mass is 193 g/mol. The molecule has 0 aliphatic carbocycles. The van der Waals surface area contributed by atoms with Crippen LogP contribution in [0.25, 0.3) is 0 Å². The van der Waals surface area contributed by atoms with E-state index in [-0.39, 0.29) is 6.61 Å². The third-order valence-corrected chi connectivity index (χ3v) is 2.47. The first-order chi connectivity index (χ1) is 6.64. The van der Waals surface area contributed by atoms with Crippen molar-refractivity contribution in [1.29, 1.82) is 0 Å². The van der Waals surface area contributed by atoms with Gasteiger partial charge < -0.3 is 15.6 Å². The lowest BCUT2D eigenvalue weighted by atomic mass is 9.86. The van der Waals surface area contributed by atoms with E-state index in [1.807, 2.05) is 12.1 Å². The minimum atomic E-state index is -1.39. The molecule has 4 nitrogen and oxygen atoms in total. The standard InChI is InChI=1S/C10H11NO3/c11-10(9(12)13)6-14-5-7-3-1-2-4-8(7)10/h1-4H,5-6,11H2,(H,12,13). The van der Waals surface area contributed by atoms with Crippen molar-refractivity contribution in [3.05, 3.63) is 35.4 Å². The molecule has 0 bridgehead atoms. The highest BCUT2D eigenvalue weighted by Gasteiger charge is 2.40. The third kappa shape index (κ3) is 1.20. The molecule has 14 heavy (non-hydrogen) atoms. The summed E-state index contributed by atoms with van der Waals surface area (Å²) in [5.74, 6) is -1.05. The number of fused-ring (bicyclic) bond motifs is 1. The number of nitrogens with two attached hydrogens (primary N) is 1.